The first-order valence-electron chi connectivity index (χ1n) is 12.8. The zero-order valence-corrected chi connectivity index (χ0v) is 21.6. The van der Waals surface area contributed by atoms with Crippen molar-refractivity contribution in [3.05, 3.63) is 120 Å². The summed E-state index contributed by atoms with van der Waals surface area (Å²) in [4.78, 5) is 13.6. The summed E-state index contributed by atoms with van der Waals surface area (Å²) in [6.45, 7) is 16.6. The largest absolute Gasteiger partial charge is 0.358 e. The molecule has 186 valence electrons. The molecule has 37 heavy (non-hydrogen) atoms. The van der Waals surface area contributed by atoms with Gasteiger partial charge in [0.25, 0.3) is 0 Å². The van der Waals surface area contributed by atoms with Crippen LogP contribution in [0.5, 0.6) is 0 Å². The maximum atomic E-state index is 4.61. The van der Waals surface area contributed by atoms with Gasteiger partial charge >= 0.3 is 0 Å². The van der Waals surface area contributed by atoms with Gasteiger partial charge in [-0.3, -0.25) is 4.98 Å². The molecule has 0 saturated heterocycles. The monoisotopic (exact) mass is 487 g/mol. The number of hydrogen-bond acceptors (Lipinski definition) is 5. The van der Waals surface area contributed by atoms with Gasteiger partial charge in [0.15, 0.2) is 5.82 Å². The van der Waals surface area contributed by atoms with E-state index in [0.29, 0.717) is 5.92 Å². The van der Waals surface area contributed by atoms with Crippen molar-refractivity contribution in [1.82, 2.24) is 15.3 Å². The van der Waals surface area contributed by atoms with Crippen molar-refractivity contribution >= 4 is 17.2 Å². The summed E-state index contributed by atoms with van der Waals surface area (Å²) < 4.78 is 0. The first-order valence-corrected chi connectivity index (χ1v) is 12.8. The first kappa shape index (κ1) is 24.4. The molecule has 1 fully saturated rings. The molecule has 1 saturated carbocycles. The average Bonchev–Trinajstić information content (AvgIpc) is 3.36. The summed E-state index contributed by atoms with van der Waals surface area (Å²) in [6.07, 6.45) is 20.6. The standard InChI is InChI=1S/C32H33N5/c1-6-10-29(25-11-7-8-12-25)20(2)21(3)35-23(5)31-30-16-27(18-34-32(30)37-31)26-15-28(19-33-17-26)36-22(4)24-13-9-14-24/h6-7,10-12,15-19,24,35-36H,1,4-5,8-9,13-14H2,2-3H3/b21-20+,29-10+. The van der Waals surface area contributed by atoms with E-state index in [4.69, 9.17) is 0 Å². The second kappa shape index (κ2) is 10.4. The summed E-state index contributed by atoms with van der Waals surface area (Å²) in [5.74, 6) is 1.30. The van der Waals surface area contributed by atoms with Gasteiger partial charge in [-0.1, -0.05) is 56.5 Å². The Kier molecular flexibility index (Phi) is 6.87. The zero-order valence-electron chi connectivity index (χ0n) is 21.6. The number of nitrogens with one attached hydrogen (secondary N) is 2. The fourth-order valence-electron chi connectivity index (χ4n) is 4.73. The van der Waals surface area contributed by atoms with E-state index in [1.807, 2.05) is 24.7 Å². The minimum absolute atomic E-state index is 0.565. The van der Waals surface area contributed by atoms with Crippen LogP contribution in [0.1, 0.15) is 45.1 Å². The highest BCUT2D eigenvalue weighted by molar-refractivity contribution is 6.21. The van der Waals surface area contributed by atoms with Crippen molar-refractivity contribution in [3.8, 4) is 11.1 Å². The Bertz CT molecular complexity index is 1440. The molecular weight excluding hydrogens is 454 g/mol. The van der Waals surface area contributed by atoms with Gasteiger partial charge in [-0.2, -0.15) is 0 Å². The van der Waals surface area contributed by atoms with Crippen LogP contribution in [0.15, 0.2) is 120 Å². The first-order chi connectivity index (χ1) is 17.9. The van der Waals surface area contributed by atoms with Gasteiger partial charge in [0.05, 0.1) is 23.3 Å². The van der Waals surface area contributed by atoms with Crippen LogP contribution in [-0.2, 0) is 0 Å². The maximum Gasteiger partial charge on any atom is 0.162 e. The van der Waals surface area contributed by atoms with Crippen molar-refractivity contribution in [3.63, 3.8) is 0 Å². The number of aromatic nitrogens is 2. The molecule has 3 heterocycles. The van der Waals surface area contributed by atoms with Gasteiger partial charge in [0, 0.05) is 40.5 Å². The molecule has 0 bridgehead atoms. The van der Waals surface area contributed by atoms with Crippen LogP contribution < -0.4 is 10.6 Å². The topological polar surface area (TPSA) is 62.2 Å². The molecule has 1 aliphatic heterocycles. The second-order valence-electron chi connectivity index (χ2n) is 9.76. The summed E-state index contributed by atoms with van der Waals surface area (Å²) in [5, 5.41) is 6.91. The third-order valence-electron chi connectivity index (χ3n) is 7.27. The Labute approximate surface area is 219 Å². The Morgan fingerprint density at radius 3 is 2.59 bits per heavy atom. The third-order valence-corrected chi connectivity index (χ3v) is 7.27. The van der Waals surface area contributed by atoms with E-state index in [0.717, 1.165) is 68.6 Å². The highest BCUT2D eigenvalue weighted by Crippen LogP contribution is 2.35. The van der Waals surface area contributed by atoms with Crippen molar-refractivity contribution < 1.29 is 0 Å². The van der Waals surface area contributed by atoms with Gasteiger partial charge in [-0.15, -0.1) is 0 Å². The average molecular weight is 488 g/mol. The van der Waals surface area contributed by atoms with Crippen LogP contribution in [0.25, 0.3) is 11.1 Å². The number of hydrogen-bond donors (Lipinski definition) is 2. The summed E-state index contributed by atoms with van der Waals surface area (Å²) in [7, 11) is 0. The van der Waals surface area contributed by atoms with Crippen LogP contribution in [0, 0.1) is 5.92 Å². The zero-order chi connectivity index (χ0) is 25.9. The van der Waals surface area contributed by atoms with Crippen LogP contribution in [0.4, 0.5) is 11.5 Å². The van der Waals surface area contributed by atoms with Crippen molar-refractivity contribution in [2.24, 2.45) is 10.9 Å². The number of allylic oxidation sites excluding steroid dienone is 11. The van der Waals surface area contributed by atoms with Gasteiger partial charge in [0.1, 0.15) is 0 Å². The highest BCUT2D eigenvalue weighted by atomic mass is 15.0. The lowest BCUT2D eigenvalue weighted by Crippen LogP contribution is -2.24. The van der Waals surface area contributed by atoms with Gasteiger partial charge in [-0.25, -0.2) is 9.98 Å². The molecule has 0 spiro atoms. The van der Waals surface area contributed by atoms with Gasteiger partial charge in [0.2, 0.25) is 0 Å². The molecule has 5 rings (SSSR count). The smallest absolute Gasteiger partial charge is 0.162 e. The van der Waals surface area contributed by atoms with Crippen LogP contribution in [0.2, 0.25) is 0 Å². The van der Waals surface area contributed by atoms with E-state index >= 15 is 0 Å². The van der Waals surface area contributed by atoms with Crippen molar-refractivity contribution in [2.45, 2.75) is 39.5 Å². The number of fused-ring (bicyclic) bond motifs is 1. The number of anilines is 1. The maximum absolute atomic E-state index is 4.61. The molecular formula is C32H33N5. The van der Waals surface area contributed by atoms with Gasteiger partial charge in [-0.05, 0) is 67.9 Å². The molecule has 0 atom stereocenters. The number of nitrogens with zero attached hydrogens (tertiary/aromatic N) is 3. The van der Waals surface area contributed by atoms with Gasteiger partial charge < -0.3 is 10.6 Å². The summed E-state index contributed by atoms with van der Waals surface area (Å²) in [6, 6.07) is 4.21. The molecule has 0 amide bonds. The number of rotatable bonds is 10. The minimum Gasteiger partial charge on any atom is -0.358 e. The fraction of sp³-hybridized carbons (Fsp3) is 0.219. The highest BCUT2D eigenvalue weighted by Gasteiger charge is 2.24. The lowest BCUT2D eigenvalue weighted by atomic mass is 9.83. The molecule has 0 unspecified atom stereocenters. The third kappa shape index (κ3) is 5.03. The molecule has 2 aliphatic carbocycles. The number of aliphatic imine (C=N–C) groups is 1. The van der Waals surface area contributed by atoms with Crippen LogP contribution in [-0.4, -0.2) is 15.7 Å². The minimum atomic E-state index is 0.565. The Hall–Kier alpha value is -4.25. The quantitative estimate of drug-likeness (QED) is 0.337. The van der Waals surface area contributed by atoms with E-state index in [1.54, 1.807) is 0 Å². The van der Waals surface area contributed by atoms with E-state index in [1.165, 1.54) is 24.8 Å². The predicted molar refractivity (Wildman–Crippen MR) is 155 cm³/mol. The molecule has 5 nitrogen and oxygen atoms in total. The predicted octanol–water partition coefficient (Wildman–Crippen LogP) is 7.70. The van der Waals surface area contributed by atoms with Crippen molar-refractivity contribution in [2.75, 3.05) is 5.32 Å². The summed E-state index contributed by atoms with van der Waals surface area (Å²) >= 11 is 0. The fourth-order valence-corrected chi connectivity index (χ4v) is 4.73. The molecule has 2 aromatic heterocycles. The Morgan fingerprint density at radius 1 is 1.08 bits per heavy atom. The lowest BCUT2D eigenvalue weighted by Gasteiger charge is -2.28. The van der Waals surface area contributed by atoms with E-state index in [9.17, 15) is 0 Å². The molecule has 0 radical (unpaired) electrons. The van der Waals surface area contributed by atoms with Crippen LogP contribution >= 0.6 is 0 Å². The molecule has 2 N–H and O–H groups in total. The molecule has 0 aromatic carbocycles. The molecule has 3 aliphatic rings. The SMILES string of the molecule is C=C/C=C(C1=CCC=C1)\C(C)=C(/C)NC(=C)C1=Nc2ncc(-c3cncc(NC(=C)C4CCC4)c3)cc21. The van der Waals surface area contributed by atoms with Crippen molar-refractivity contribution in [1.29, 1.82) is 0 Å². The molecule has 5 heteroatoms. The lowest BCUT2D eigenvalue weighted by molar-refractivity contribution is 0.371. The van der Waals surface area contributed by atoms with Crippen LogP contribution in [0.3, 0.4) is 0 Å². The van der Waals surface area contributed by atoms with E-state index < -0.39 is 0 Å². The number of pyridine rings is 2. The Balaban J connectivity index is 1.31. The summed E-state index contributed by atoms with van der Waals surface area (Å²) in [5.41, 5.74) is 11.1. The van der Waals surface area contributed by atoms with E-state index in [2.05, 4.69) is 95.6 Å². The Morgan fingerprint density at radius 2 is 1.89 bits per heavy atom. The van der Waals surface area contributed by atoms with E-state index in [-0.39, 0.29) is 0 Å². The second-order valence-corrected chi connectivity index (χ2v) is 9.76. The molecule has 2 aromatic rings. The normalized spacial score (nSPS) is 17.0.